The summed E-state index contributed by atoms with van der Waals surface area (Å²) in [6.07, 6.45) is -0.0471. The quantitative estimate of drug-likeness (QED) is 0.330. The minimum atomic E-state index is -1.15. The van der Waals surface area contributed by atoms with Crippen molar-refractivity contribution in [2.75, 3.05) is 13.2 Å². The van der Waals surface area contributed by atoms with Gasteiger partial charge in [0.15, 0.2) is 5.92 Å². The van der Waals surface area contributed by atoms with E-state index in [1.807, 2.05) is 0 Å². The first-order chi connectivity index (χ1) is 10.4. The van der Waals surface area contributed by atoms with E-state index in [-0.39, 0.29) is 30.3 Å². The van der Waals surface area contributed by atoms with E-state index in [9.17, 15) is 19.7 Å². The van der Waals surface area contributed by atoms with Crippen LogP contribution in [-0.2, 0) is 25.5 Å². The van der Waals surface area contributed by atoms with E-state index in [4.69, 9.17) is 21.1 Å². The molecule has 120 valence electrons. The zero-order valence-corrected chi connectivity index (χ0v) is 13.0. The van der Waals surface area contributed by atoms with Crippen LogP contribution in [0.2, 0.25) is 5.02 Å². The van der Waals surface area contributed by atoms with Crippen molar-refractivity contribution in [3.8, 4) is 0 Å². The number of ether oxygens (including phenoxy) is 2. The molecule has 0 radical (unpaired) electrons. The first-order valence-electron chi connectivity index (χ1n) is 6.66. The summed E-state index contributed by atoms with van der Waals surface area (Å²) in [4.78, 5) is 33.8. The third kappa shape index (κ3) is 4.70. The van der Waals surface area contributed by atoms with Crippen LogP contribution in [-0.4, -0.2) is 30.1 Å². The largest absolute Gasteiger partial charge is 0.465 e. The SMILES string of the molecule is CCOC(=O)C(Cc1ccc([N+](=O)[O-])cc1Cl)C(=O)OCC. The highest BCUT2D eigenvalue weighted by atomic mass is 35.5. The first kappa shape index (κ1) is 17.9. The van der Waals surface area contributed by atoms with Gasteiger partial charge in [-0.1, -0.05) is 17.7 Å². The van der Waals surface area contributed by atoms with Gasteiger partial charge in [-0.15, -0.1) is 0 Å². The lowest BCUT2D eigenvalue weighted by Gasteiger charge is -2.15. The van der Waals surface area contributed by atoms with Gasteiger partial charge in [0.25, 0.3) is 5.69 Å². The predicted octanol–water partition coefficient (Wildman–Crippen LogP) is 2.53. The smallest absolute Gasteiger partial charge is 0.320 e. The minimum Gasteiger partial charge on any atom is -0.465 e. The number of esters is 2. The summed E-state index contributed by atoms with van der Waals surface area (Å²) in [5.41, 5.74) is 0.260. The highest BCUT2D eigenvalue weighted by Crippen LogP contribution is 2.25. The molecule has 0 saturated heterocycles. The van der Waals surface area contributed by atoms with Gasteiger partial charge in [-0.3, -0.25) is 19.7 Å². The number of carbonyl (C=O) groups is 2. The summed E-state index contributed by atoms with van der Waals surface area (Å²) >= 11 is 5.97. The Labute approximate surface area is 132 Å². The number of benzene rings is 1. The topological polar surface area (TPSA) is 95.7 Å². The average molecular weight is 330 g/mol. The van der Waals surface area contributed by atoms with E-state index in [0.717, 1.165) is 0 Å². The van der Waals surface area contributed by atoms with Gasteiger partial charge in [0.05, 0.1) is 23.2 Å². The second-order valence-electron chi connectivity index (χ2n) is 4.29. The molecule has 0 bridgehead atoms. The fourth-order valence-electron chi connectivity index (χ4n) is 1.78. The summed E-state index contributed by atoms with van der Waals surface area (Å²) in [6.45, 7) is 3.50. The number of hydrogen-bond donors (Lipinski definition) is 0. The van der Waals surface area contributed by atoms with Crippen LogP contribution < -0.4 is 0 Å². The maximum atomic E-state index is 11.9. The normalized spacial score (nSPS) is 10.4. The molecule has 0 atom stereocenters. The molecule has 0 aliphatic carbocycles. The fourth-order valence-corrected chi connectivity index (χ4v) is 2.04. The number of nitrogens with zero attached hydrogens (tertiary/aromatic N) is 1. The lowest BCUT2D eigenvalue weighted by atomic mass is 9.99. The van der Waals surface area contributed by atoms with Crippen LogP contribution in [0.5, 0.6) is 0 Å². The third-order valence-corrected chi connectivity index (χ3v) is 3.17. The van der Waals surface area contributed by atoms with Gasteiger partial charge < -0.3 is 9.47 Å². The molecule has 0 amide bonds. The van der Waals surface area contributed by atoms with Crippen molar-refractivity contribution in [2.45, 2.75) is 20.3 Å². The highest BCUT2D eigenvalue weighted by molar-refractivity contribution is 6.31. The summed E-state index contributed by atoms with van der Waals surface area (Å²) in [7, 11) is 0. The molecular weight excluding hydrogens is 314 g/mol. The van der Waals surface area contributed by atoms with E-state index in [1.54, 1.807) is 13.8 Å². The molecule has 1 aromatic carbocycles. The molecule has 7 nitrogen and oxygen atoms in total. The molecule has 22 heavy (non-hydrogen) atoms. The Hall–Kier alpha value is -2.15. The van der Waals surface area contributed by atoms with E-state index in [2.05, 4.69) is 0 Å². The number of rotatable bonds is 7. The Balaban J connectivity index is 3.00. The van der Waals surface area contributed by atoms with Crippen molar-refractivity contribution in [1.29, 1.82) is 0 Å². The predicted molar refractivity (Wildman–Crippen MR) is 78.6 cm³/mol. The van der Waals surface area contributed by atoms with Crippen molar-refractivity contribution in [3.63, 3.8) is 0 Å². The lowest BCUT2D eigenvalue weighted by molar-refractivity contribution is -0.384. The second kappa shape index (κ2) is 8.33. The van der Waals surface area contributed by atoms with Gasteiger partial charge in [-0.05, 0) is 25.8 Å². The Morgan fingerprint density at radius 3 is 2.18 bits per heavy atom. The second-order valence-corrected chi connectivity index (χ2v) is 4.70. The zero-order valence-electron chi connectivity index (χ0n) is 12.2. The standard InChI is InChI=1S/C14H16ClNO6/c1-3-21-13(17)11(14(18)22-4-2)7-9-5-6-10(16(19)20)8-12(9)15/h5-6,8,11H,3-4,7H2,1-2H3. The molecule has 1 rings (SSSR count). The number of non-ortho nitro benzene ring substituents is 1. The molecule has 0 saturated carbocycles. The van der Waals surface area contributed by atoms with Gasteiger partial charge in [-0.25, -0.2) is 0 Å². The maximum absolute atomic E-state index is 11.9. The van der Waals surface area contributed by atoms with Crippen LogP contribution in [0.3, 0.4) is 0 Å². The monoisotopic (exact) mass is 329 g/mol. The minimum absolute atomic E-state index is 0.0471. The van der Waals surface area contributed by atoms with Crippen molar-refractivity contribution >= 4 is 29.2 Å². The van der Waals surface area contributed by atoms with Crippen LogP contribution in [0.1, 0.15) is 19.4 Å². The maximum Gasteiger partial charge on any atom is 0.320 e. The van der Waals surface area contributed by atoms with Gasteiger partial charge >= 0.3 is 11.9 Å². The number of nitro groups is 1. The molecule has 8 heteroatoms. The van der Waals surface area contributed by atoms with Crippen molar-refractivity contribution in [3.05, 3.63) is 38.9 Å². The third-order valence-electron chi connectivity index (χ3n) is 2.81. The molecule has 0 unspecified atom stereocenters. The summed E-state index contributed by atoms with van der Waals surface area (Å²) in [5, 5.41) is 10.8. The van der Waals surface area contributed by atoms with E-state index >= 15 is 0 Å². The zero-order chi connectivity index (χ0) is 16.7. The Bertz CT molecular complexity index is 556. The van der Waals surface area contributed by atoms with Crippen LogP contribution >= 0.6 is 11.6 Å². The molecule has 0 heterocycles. The molecule has 0 fully saturated rings. The summed E-state index contributed by atoms with van der Waals surface area (Å²) < 4.78 is 9.71. The van der Waals surface area contributed by atoms with E-state index in [0.29, 0.717) is 5.56 Å². The Morgan fingerprint density at radius 1 is 1.23 bits per heavy atom. The molecule has 0 spiro atoms. The van der Waals surface area contributed by atoms with Gasteiger partial charge in [0.1, 0.15) is 0 Å². The van der Waals surface area contributed by atoms with Gasteiger partial charge in [0, 0.05) is 12.1 Å². The Morgan fingerprint density at radius 2 is 1.77 bits per heavy atom. The molecule has 0 aliphatic heterocycles. The molecule has 0 aromatic heterocycles. The van der Waals surface area contributed by atoms with Crippen LogP contribution in [0.15, 0.2) is 18.2 Å². The van der Waals surface area contributed by atoms with E-state index in [1.165, 1.54) is 18.2 Å². The molecule has 1 aromatic rings. The number of carbonyl (C=O) groups excluding carboxylic acids is 2. The summed E-state index contributed by atoms with van der Waals surface area (Å²) in [5.74, 6) is -2.58. The molecular formula is C14H16ClNO6. The number of hydrogen-bond acceptors (Lipinski definition) is 6. The molecule has 0 N–H and O–H groups in total. The first-order valence-corrected chi connectivity index (χ1v) is 7.04. The van der Waals surface area contributed by atoms with Crippen LogP contribution in [0.25, 0.3) is 0 Å². The van der Waals surface area contributed by atoms with Crippen LogP contribution in [0, 0.1) is 16.0 Å². The molecule has 0 aliphatic rings. The van der Waals surface area contributed by atoms with Crippen molar-refractivity contribution in [1.82, 2.24) is 0 Å². The average Bonchev–Trinajstić information content (AvgIpc) is 2.46. The van der Waals surface area contributed by atoms with Gasteiger partial charge in [0.2, 0.25) is 0 Å². The fraction of sp³-hybridized carbons (Fsp3) is 0.429. The summed E-state index contributed by atoms with van der Waals surface area (Å²) in [6, 6.07) is 3.84. The number of nitro benzene ring substituents is 1. The highest BCUT2D eigenvalue weighted by Gasteiger charge is 2.30. The van der Waals surface area contributed by atoms with Crippen molar-refractivity contribution in [2.24, 2.45) is 5.92 Å². The van der Waals surface area contributed by atoms with E-state index < -0.39 is 22.8 Å². The Kier molecular flexibility index (Phi) is 6.78. The lowest BCUT2D eigenvalue weighted by Crippen LogP contribution is -2.30. The van der Waals surface area contributed by atoms with Crippen LogP contribution in [0.4, 0.5) is 5.69 Å². The van der Waals surface area contributed by atoms with Gasteiger partial charge in [-0.2, -0.15) is 0 Å². The van der Waals surface area contributed by atoms with Crippen molar-refractivity contribution < 1.29 is 24.0 Å². The number of halogens is 1.